The topological polar surface area (TPSA) is 105 Å². The van der Waals surface area contributed by atoms with E-state index < -0.39 is 17.1 Å². The molecule has 0 atom stereocenters. The second-order valence-electron chi connectivity index (χ2n) is 8.67. The molecule has 200 valence electrons. The van der Waals surface area contributed by atoms with Crippen LogP contribution >= 0.6 is 23.4 Å². The van der Waals surface area contributed by atoms with E-state index in [1.165, 1.54) is 0 Å². The van der Waals surface area contributed by atoms with Gasteiger partial charge in [-0.05, 0) is 73.9 Å². The van der Waals surface area contributed by atoms with Crippen LogP contribution in [-0.2, 0) is 14.4 Å². The first-order valence-corrected chi connectivity index (χ1v) is 13.5. The molecular formula is C27H28ClN3O6S. The largest absolute Gasteiger partial charge is 0.490 e. The van der Waals surface area contributed by atoms with Crippen LogP contribution in [0.5, 0.6) is 11.5 Å². The molecule has 4 rings (SSSR count). The van der Waals surface area contributed by atoms with E-state index >= 15 is 0 Å². The molecule has 0 radical (unpaired) electrons. The monoisotopic (exact) mass is 557 g/mol. The molecule has 2 aliphatic rings. The van der Waals surface area contributed by atoms with Crippen molar-refractivity contribution in [1.29, 1.82) is 0 Å². The molecule has 2 aromatic rings. The van der Waals surface area contributed by atoms with Gasteiger partial charge in [-0.15, -0.1) is 0 Å². The molecule has 38 heavy (non-hydrogen) atoms. The van der Waals surface area contributed by atoms with E-state index in [1.807, 2.05) is 6.92 Å². The molecule has 0 bridgehead atoms. The van der Waals surface area contributed by atoms with Gasteiger partial charge in [0.1, 0.15) is 6.54 Å². The summed E-state index contributed by atoms with van der Waals surface area (Å²) in [6.07, 6.45) is 4.52. The van der Waals surface area contributed by atoms with Gasteiger partial charge in [-0.25, -0.2) is 0 Å². The molecule has 4 amide bonds. The predicted molar refractivity (Wildman–Crippen MR) is 146 cm³/mol. The molecule has 2 heterocycles. The highest BCUT2D eigenvalue weighted by Crippen LogP contribution is 2.35. The minimum absolute atomic E-state index is 0.216. The number of thioether (sulfide) groups is 1. The third kappa shape index (κ3) is 6.87. The Bertz CT molecular complexity index is 1260. The number of likely N-dealkylation sites (tertiary alicyclic amines) is 1. The van der Waals surface area contributed by atoms with Gasteiger partial charge < -0.3 is 19.7 Å². The van der Waals surface area contributed by atoms with Gasteiger partial charge >= 0.3 is 0 Å². The summed E-state index contributed by atoms with van der Waals surface area (Å²) in [4.78, 5) is 53.2. The van der Waals surface area contributed by atoms with E-state index in [1.54, 1.807) is 53.4 Å². The van der Waals surface area contributed by atoms with E-state index in [4.69, 9.17) is 21.1 Å². The lowest BCUT2D eigenvalue weighted by molar-refractivity contribution is -0.136. The average molecular weight is 558 g/mol. The van der Waals surface area contributed by atoms with Crippen LogP contribution < -0.4 is 14.8 Å². The molecule has 0 aliphatic carbocycles. The van der Waals surface area contributed by atoms with Crippen molar-refractivity contribution >= 4 is 58.1 Å². The second kappa shape index (κ2) is 12.8. The number of carbonyl (C=O) groups excluding carboxylic acids is 4. The number of amides is 4. The van der Waals surface area contributed by atoms with Crippen molar-refractivity contribution in [3.63, 3.8) is 0 Å². The Morgan fingerprint density at radius 1 is 1.05 bits per heavy atom. The molecule has 0 aromatic heterocycles. The second-order valence-corrected chi connectivity index (χ2v) is 10.1. The van der Waals surface area contributed by atoms with Gasteiger partial charge in [-0.2, -0.15) is 0 Å². The van der Waals surface area contributed by atoms with Crippen LogP contribution in [0.4, 0.5) is 10.5 Å². The summed E-state index contributed by atoms with van der Waals surface area (Å²) in [6, 6.07) is 11.9. The Labute approximate surface area is 230 Å². The minimum atomic E-state index is -0.500. The zero-order valence-electron chi connectivity index (χ0n) is 20.9. The van der Waals surface area contributed by atoms with Crippen LogP contribution in [0, 0.1) is 0 Å². The molecule has 2 fully saturated rings. The Balaban J connectivity index is 1.41. The van der Waals surface area contributed by atoms with Crippen LogP contribution in [-0.4, -0.2) is 65.6 Å². The first-order valence-electron chi connectivity index (χ1n) is 12.3. The van der Waals surface area contributed by atoms with Crippen molar-refractivity contribution < 1.29 is 28.7 Å². The zero-order chi connectivity index (χ0) is 27.1. The van der Waals surface area contributed by atoms with Gasteiger partial charge in [0.2, 0.25) is 5.91 Å². The number of rotatable bonds is 9. The average Bonchev–Trinajstić information content (AvgIpc) is 3.17. The van der Waals surface area contributed by atoms with E-state index in [0.29, 0.717) is 47.5 Å². The summed E-state index contributed by atoms with van der Waals surface area (Å²) < 4.78 is 11.3. The van der Waals surface area contributed by atoms with Crippen molar-refractivity contribution in [1.82, 2.24) is 9.80 Å². The lowest BCUT2D eigenvalue weighted by atomic mass is 10.1. The van der Waals surface area contributed by atoms with Crippen LogP contribution in [0.25, 0.3) is 6.08 Å². The third-order valence-corrected chi connectivity index (χ3v) is 7.18. The summed E-state index contributed by atoms with van der Waals surface area (Å²) in [6.45, 7) is 2.94. The van der Waals surface area contributed by atoms with Crippen molar-refractivity contribution in [3.05, 3.63) is 58.0 Å². The van der Waals surface area contributed by atoms with Crippen molar-refractivity contribution in [2.45, 2.75) is 26.2 Å². The molecular weight excluding hydrogens is 530 g/mol. The summed E-state index contributed by atoms with van der Waals surface area (Å²) in [7, 11) is 0. The van der Waals surface area contributed by atoms with Crippen molar-refractivity contribution in [2.24, 2.45) is 0 Å². The van der Waals surface area contributed by atoms with Crippen molar-refractivity contribution in [2.75, 3.05) is 38.2 Å². The molecule has 0 saturated carbocycles. The number of carbonyl (C=O) groups is 4. The van der Waals surface area contributed by atoms with Gasteiger partial charge in [0, 0.05) is 13.1 Å². The number of nitrogens with zero attached hydrogens (tertiary/aromatic N) is 2. The highest BCUT2D eigenvalue weighted by atomic mass is 35.5. The highest BCUT2D eigenvalue weighted by molar-refractivity contribution is 8.18. The Hall–Kier alpha value is -3.50. The number of imide groups is 1. The standard InChI is InChI=1S/C27H28ClN3O6S/c1-2-36-22-14-18(10-11-21(22)37-17-24(32)29-20-9-5-4-8-19(20)28)15-23-26(34)31(27(35)38-23)16-25(33)30-12-6-3-7-13-30/h4-5,8-11,14-15H,2-3,6-7,12-13,16-17H2,1H3,(H,29,32)/b23-15-. The number of piperidine rings is 1. The van der Waals surface area contributed by atoms with Crippen LogP contribution in [0.2, 0.25) is 5.02 Å². The number of anilines is 1. The predicted octanol–water partition coefficient (Wildman–Crippen LogP) is 4.81. The number of hydrogen-bond donors (Lipinski definition) is 1. The molecule has 11 heteroatoms. The fraction of sp³-hybridized carbons (Fsp3) is 0.333. The van der Waals surface area contributed by atoms with Gasteiger partial charge in [0.15, 0.2) is 18.1 Å². The fourth-order valence-electron chi connectivity index (χ4n) is 4.06. The van der Waals surface area contributed by atoms with Crippen LogP contribution in [0.15, 0.2) is 47.4 Å². The molecule has 2 aromatic carbocycles. The Kier molecular flexibility index (Phi) is 9.30. The Morgan fingerprint density at radius 2 is 1.82 bits per heavy atom. The molecule has 9 nitrogen and oxygen atoms in total. The fourth-order valence-corrected chi connectivity index (χ4v) is 5.08. The van der Waals surface area contributed by atoms with Crippen LogP contribution in [0.3, 0.4) is 0 Å². The number of para-hydroxylation sites is 1. The number of hydrogen-bond acceptors (Lipinski definition) is 7. The molecule has 0 unspecified atom stereocenters. The smallest absolute Gasteiger partial charge is 0.294 e. The number of halogens is 1. The summed E-state index contributed by atoms with van der Waals surface area (Å²) in [5, 5.41) is 2.63. The van der Waals surface area contributed by atoms with E-state index in [0.717, 1.165) is 35.9 Å². The lowest BCUT2D eigenvalue weighted by Gasteiger charge is -2.27. The van der Waals surface area contributed by atoms with Crippen LogP contribution in [0.1, 0.15) is 31.7 Å². The van der Waals surface area contributed by atoms with Gasteiger partial charge in [-0.1, -0.05) is 29.8 Å². The third-order valence-electron chi connectivity index (χ3n) is 5.95. The van der Waals surface area contributed by atoms with Gasteiger partial charge in [-0.3, -0.25) is 24.1 Å². The molecule has 2 aliphatic heterocycles. The maximum atomic E-state index is 12.9. The summed E-state index contributed by atoms with van der Waals surface area (Å²) in [5.41, 5.74) is 1.09. The molecule has 0 spiro atoms. The molecule has 2 saturated heterocycles. The van der Waals surface area contributed by atoms with Crippen molar-refractivity contribution in [3.8, 4) is 11.5 Å². The minimum Gasteiger partial charge on any atom is -0.490 e. The van der Waals surface area contributed by atoms with E-state index in [9.17, 15) is 19.2 Å². The Morgan fingerprint density at radius 3 is 2.55 bits per heavy atom. The highest BCUT2D eigenvalue weighted by Gasteiger charge is 2.37. The maximum absolute atomic E-state index is 12.9. The zero-order valence-corrected chi connectivity index (χ0v) is 22.5. The summed E-state index contributed by atoms with van der Waals surface area (Å²) >= 11 is 6.88. The first-order chi connectivity index (χ1) is 18.4. The first kappa shape index (κ1) is 27.5. The molecule has 1 N–H and O–H groups in total. The van der Waals surface area contributed by atoms with Gasteiger partial charge in [0.05, 0.1) is 22.2 Å². The van der Waals surface area contributed by atoms with E-state index in [-0.39, 0.29) is 24.0 Å². The lowest BCUT2D eigenvalue weighted by Crippen LogP contribution is -2.44. The normalized spacial score (nSPS) is 16.6. The quantitative estimate of drug-likeness (QED) is 0.441. The van der Waals surface area contributed by atoms with E-state index in [2.05, 4.69) is 5.32 Å². The SMILES string of the molecule is CCOc1cc(/C=C2\SC(=O)N(CC(=O)N3CCCCC3)C2=O)ccc1OCC(=O)Nc1ccccc1Cl. The number of nitrogens with one attached hydrogen (secondary N) is 1. The maximum Gasteiger partial charge on any atom is 0.294 e. The van der Waals surface area contributed by atoms with Gasteiger partial charge in [0.25, 0.3) is 17.1 Å². The number of ether oxygens (including phenoxy) is 2. The summed E-state index contributed by atoms with van der Waals surface area (Å²) in [5.74, 6) is -0.380. The number of benzene rings is 2.